The molecule has 2 saturated carbocycles. The van der Waals surface area contributed by atoms with Gasteiger partial charge in [-0.1, -0.05) is 27.7 Å². The van der Waals surface area contributed by atoms with Gasteiger partial charge in [0.05, 0.1) is 5.92 Å². The second-order valence-corrected chi connectivity index (χ2v) is 9.69. The Balaban J connectivity index is 1.97. The van der Waals surface area contributed by atoms with Crippen molar-refractivity contribution in [3.63, 3.8) is 0 Å². The molecule has 0 heterocycles. The van der Waals surface area contributed by atoms with Gasteiger partial charge in [0.25, 0.3) is 5.60 Å². The minimum absolute atomic E-state index is 0.0716. The van der Waals surface area contributed by atoms with Gasteiger partial charge in [-0.15, -0.1) is 0 Å². The summed E-state index contributed by atoms with van der Waals surface area (Å²) in [7, 11) is 0. The Bertz CT molecular complexity index is 564. The Kier molecular flexibility index (Phi) is 6.12. The van der Waals surface area contributed by atoms with Crippen molar-refractivity contribution in [2.75, 3.05) is 0 Å². The smallest absolute Gasteiger partial charge is 0.426 e. The van der Waals surface area contributed by atoms with Crippen molar-refractivity contribution in [3.05, 3.63) is 0 Å². The second-order valence-electron chi connectivity index (χ2n) is 9.69. The van der Waals surface area contributed by atoms with E-state index in [0.29, 0.717) is 12.8 Å². The van der Waals surface area contributed by atoms with Crippen molar-refractivity contribution >= 4 is 5.97 Å². The molecule has 1 N–H and O–H groups in total. The monoisotopic (exact) mass is 418 g/mol. The number of alkyl halides is 6. The number of hydrogen-bond acceptors (Lipinski definition) is 3. The maximum Gasteiger partial charge on any atom is 0.426 e. The van der Waals surface area contributed by atoms with E-state index >= 15 is 0 Å². The number of ether oxygens (including phenoxy) is 1. The van der Waals surface area contributed by atoms with E-state index in [1.165, 1.54) is 0 Å². The lowest BCUT2D eigenvalue weighted by Gasteiger charge is -2.37. The third kappa shape index (κ3) is 4.76. The molecule has 28 heavy (non-hydrogen) atoms. The predicted octanol–water partition coefficient (Wildman–Crippen LogP) is 5.26. The van der Waals surface area contributed by atoms with Crippen LogP contribution < -0.4 is 0 Å². The van der Waals surface area contributed by atoms with Crippen molar-refractivity contribution in [1.29, 1.82) is 0 Å². The number of hydrogen-bond donors (Lipinski definition) is 1. The van der Waals surface area contributed by atoms with Crippen LogP contribution in [0.1, 0.15) is 59.8 Å². The van der Waals surface area contributed by atoms with Gasteiger partial charge in [-0.3, -0.25) is 4.79 Å². The van der Waals surface area contributed by atoms with Crippen LogP contribution in [0.15, 0.2) is 0 Å². The van der Waals surface area contributed by atoms with Gasteiger partial charge in [0.2, 0.25) is 0 Å². The van der Waals surface area contributed by atoms with Gasteiger partial charge in [0.15, 0.2) is 0 Å². The summed E-state index contributed by atoms with van der Waals surface area (Å²) in [6.45, 7) is 7.71. The summed E-state index contributed by atoms with van der Waals surface area (Å²) >= 11 is 0. The van der Waals surface area contributed by atoms with E-state index in [9.17, 15) is 36.2 Å². The highest BCUT2D eigenvalue weighted by Gasteiger charge is 2.71. The van der Waals surface area contributed by atoms with Gasteiger partial charge in [0, 0.05) is 0 Å². The molecule has 164 valence electrons. The average molecular weight is 418 g/mol. The molecule has 0 aliphatic heterocycles. The maximum absolute atomic E-state index is 12.9. The zero-order valence-electron chi connectivity index (χ0n) is 16.5. The summed E-state index contributed by atoms with van der Waals surface area (Å²) in [5, 5.41) is 9.43. The van der Waals surface area contributed by atoms with Crippen LogP contribution in [-0.4, -0.2) is 35.1 Å². The van der Waals surface area contributed by atoms with Crippen molar-refractivity contribution in [3.8, 4) is 0 Å². The van der Waals surface area contributed by atoms with Crippen molar-refractivity contribution in [2.24, 2.45) is 29.1 Å². The quantitative estimate of drug-likeness (QED) is 0.489. The summed E-state index contributed by atoms with van der Waals surface area (Å²) in [5.41, 5.74) is -4.78. The van der Waals surface area contributed by atoms with Crippen LogP contribution in [0.3, 0.4) is 0 Å². The molecular formula is C19H28F6O3. The average Bonchev–Trinajstić information content (AvgIpc) is 3.02. The minimum atomic E-state index is -5.79. The van der Waals surface area contributed by atoms with Crippen LogP contribution in [-0.2, 0) is 9.53 Å². The molecule has 5 atom stereocenters. The lowest BCUT2D eigenvalue weighted by atomic mass is 9.78. The summed E-state index contributed by atoms with van der Waals surface area (Å²) in [6, 6.07) is 0. The number of fused-ring (bicyclic) bond motifs is 2. The zero-order valence-corrected chi connectivity index (χ0v) is 16.5. The summed E-state index contributed by atoms with van der Waals surface area (Å²) in [4.78, 5) is 12.3. The molecule has 0 aromatic heterocycles. The third-order valence-corrected chi connectivity index (χ3v) is 6.02. The first-order chi connectivity index (χ1) is 12.4. The molecule has 0 saturated heterocycles. The molecule has 2 bridgehead atoms. The number of rotatable bonds is 5. The van der Waals surface area contributed by atoms with Gasteiger partial charge >= 0.3 is 18.3 Å². The molecule has 2 aliphatic rings. The fraction of sp³-hybridized carbons (Fsp3) is 0.947. The van der Waals surface area contributed by atoms with Gasteiger partial charge in [-0.25, -0.2) is 0 Å². The standard InChI is InChI=1S/C19H28F6O3/c1-10(8-16(2,3)4)15(26)28-14-7-11-5-12(14)6-13(11)9-17(27,18(20,21)22)19(23,24)25/h10-14,27H,5-9H2,1-4H3. The molecule has 0 spiro atoms. The van der Waals surface area contributed by atoms with Crippen LogP contribution in [0, 0.1) is 29.1 Å². The van der Waals surface area contributed by atoms with Crippen molar-refractivity contribution in [1.82, 2.24) is 0 Å². The predicted molar refractivity (Wildman–Crippen MR) is 89.1 cm³/mol. The van der Waals surface area contributed by atoms with E-state index in [2.05, 4.69) is 0 Å². The van der Waals surface area contributed by atoms with Crippen LogP contribution in [0.5, 0.6) is 0 Å². The van der Waals surface area contributed by atoms with Crippen LogP contribution in [0.4, 0.5) is 26.3 Å². The summed E-state index contributed by atoms with van der Waals surface area (Å²) < 4.78 is 83.1. The zero-order chi connectivity index (χ0) is 21.7. The fourth-order valence-corrected chi connectivity index (χ4v) is 4.78. The molecule has 0 amide bonds. The third-order valence-electron chi connectivity index (χ3n) is 6.02. The van der Waals surface area contributed by atoms with Crippen molar-refractivity contribution in [2.45, 2.75) is 83.9 Å². The number of carbonyl (C=O) groups is 1. The van der Waals surface area contributed by atoms with Crippen LogP contribution in [0.25, 0.3) is 0 Å². The van der Waals surface area contributed by atoms with E-state index in [4.69, 9.17) is 4.74 Å². The number of esters is 1. The SMILES string of the molecule is CC(CC(C)(C)C)C(=O)OC1CC2CC1CC2CC(O)(C(F)(F)F)C(F)(F)F. The van der Waals surface area contributed by atoms with Gasteiger partial charge in [-0.05, 0) is 55.3 Å². The van der Waals surface area contributed by atoms with Crippen LogP contribution in [0.2, 0.25) is 0 Å². The van der Waals surface area contributed by atoms with Crippen LogP contribution >= 0.6 is 0 Å². The fourth-order valence-electron chi connectivity index (χ4n) is 4.78. The first-order valence-corrected chi connectivity index (χ1v) is 9.51. The summed E-state index contributed by atoms with van der Waals surface area (Å²) in [6.07, 6.45) is -12.1. The molecular weight excluding hydrogens is 390 g/mol. The molecule has 0 aromatic rings. The van der Waals surface area contributed by atoms with Gasteiger partial charge in [-0.2, -0.15) is 26.3 Å². The Morgan fingerprint density at radius 2 is 1.54 bits per heavy atom. The molecule has 0 aromatic carbocycles. The Morgan fingerprint density at radius 1 is 1.00 bits per heavy atom. The highest BCUT2D eigenvalue weighted by Crippen LogP contribution is 2.56. The molecule has 2 aliphatic carbocycles. The van der Waals surface area contributed by atoms with E-state index in [1.807, 2.05) is 20.8 Å². The normalized spacial score (nSPS) is 29.8. The van der Waals surface area contributed by atoms with E-state index in [1.54, 1.807) is 6.92 Å². The maximum atomic E-state index is 12.9. The topological polar surface area (TPSA) is 46.5 Å². The largest absolute Gasteiger partial charge is 0.462 e. The van der Waals surface area contributed by atoms with E-state index in [0.717, 1.165) is 0 Å². The lowest BCUT2D eigenvalue weighted by Crippen LogP contribution is -2.58. The Morgan fingerprint density at radius 3 is 1.93 bits per heavy atom. The lowest BCUT2D eigenvalue weighted by molar-refractivity contribution is -0.373. The van der Waals surface area contributed by atoms with E-state index in [-0.39, 0.29) is 36.1 Å². The minimum Gasteiger partial charge on any atom is -0.462 e. The second kappa shape index (κ2) is 7.36. The molecule has 0 radical (unpaired) electrons. The van der Waals surface area contributed by atoms with Gasteiger partial charge in [0.1, 0.15) is 6.10 Å². The first kappa shape index (κ1) is 23.3. The molecule has 2 fully saturated rings. The van der Waals surface area contributed by atoms with E-state index < -0.39 is 42.3 Å². The molecule has 5 unspecified atom stereocenters. The molecule has 9 heteroatoms. The Labute approximate surface area is 160 Å². The van der Waals surface area contributed by atoms with Crippen molar-refractivity contribution < 1.29 is 41.0 Å². The Hall–Kier alpha value is -0.990. The highest BCUT2D eigenvalue weighted by molar-refractivity contribution is 5.72. The number of halogens is 6. The van der Waals surface area contributed by atoms with Gasteiger partial charge < -0.3 is 9.84 Å². The number of aliphatic hydroxyl groups is 1. The number of carbonyl (C=O) groups excluding carboxylic acids is 1. The summed E-state index contributed by atoms with van der Waals surface area (Å²) in [5.74, 6) is -2.30. The molecule has 2 rings (SSSR count). The molecule has 3 nitrogen and oxygen atoms in total. The first-order valence-electron chi connectivity index (χ1n) is 9.51. The highest BCUT2D eigenvalue weighted by atomic mass is 19.4.